The summed E-state index contributed by atoms with van der Waals surface area (Å²) < 4.78 is 0. The average molecular weight is 1750 g/mol. The molecule has 0 saturated carbocycles. The van der Waals surface area contributed by atoms with E-state index in [9.17, 15) is 57.5 Å². The van der Waals surface area contributed by atoms with Crippen molar-refractivity contribution < 1.29 is 57.5 Å². The van der Waals surface area contributed by atoms with Crippen molar-refractivity contribution in [2.24, 2.45) is 179 Å². The first-order chi connectivity index (χ1) is 59.1. The van der Waals surface area contributed by atoms with Crippen molar-refractivity contribution in [3.05, 3.63) is 0 Å². The van der Waals surface area contributed by atoms with E-state index in [-0.39, 0.29) is 285 Å². The van der Waals surface area contributed by atoms with Crippen LogP contribution in [0.3, 0.4) is 0 Å². The summed E-state index contributed by atoms with van der Waals surface area (Å²) in [5.41, 5.74) is 88.7. The van der Waals surface area contributed by atoms with Gasteiger partial charge in [0.15, 0.2) is 47.7 Å². The average Bonchev–Trinajstić information content (AvgIpc) is 0.894. The van der Waals surface area contributed by atoms with Crippen LogP contribution in [0.1, 0.15) is 271 Å². The summed E-state index contributed by atoms with van der Waals surface area (Å²) >= 11 is 0. The second-order valence-electron chi connectivity index (χ2n) is 31.9. The van der Waals surface area contributed by atoms with Crippen molar-refractivity contribution in [3.8, 4) is 0 Å². The van der Waals surface area contributed by atoms with Gasteiger partial charge in [-0.2, -0.15) is 0 Å². The van der Waals surface area contributed by atoms with Crippen LogP contribution in [0.15, 0.2) is 39.9 Å². The Labute approximate surface area is 733 Å². The minimum Gasteiger partial charge on any atom is -0.370 e. The van der Waals surface area contributed by atoms with Crippen LogP contribution in [-0.2, 0) is 57.5 Å². The van der Waals surface area contributed by atoms with Gasteiger partial charge in [0.05, 0.1) is 0 Å². The normalized spacial score (nSPS) is 12.9. The lowest BCUT2D eigenvalue weighted by molar-refractivity contribution is -0.133. The predicted molar refractivity (Wildman–Crippen MR) is 489 cm³/mol. The van der Waals surface area contributed by atoms with E-state index < -0.39 is 41.4 Å². The van der Waals surface area contributed by atoms with Crippen LogP contribution < -0.4 is 118 Å². The Hall–Kier alpha value is -10.8. The van der Waals surface area contributed by atoms with Gasteiger partial charge < -0.3 is 118 Å². The number of rotatable bonds is 80. The molecular formula is C83H157N29O12. The Morgan fingerprint density at radius 1 is 0.210 bits per heavy atom. The summed E-state index contributed by atoms with van der Waals surface area (Å²) in [7, 11) is 0. The third-order valence-corrected chi connectivity index (χ3v) is 21.1. The number of nitrogens with one attached hydrogen (secondary N) is 5. The van der Waals surface area contributed by atoms with E-state index in [2.05, 4.69) is 66.5 Å². The Kier molecular flexibility index (Phi) is 65.4. The number of guanidine groups is 8. The fourth-order valence-electron chi connectivity index (χ4n) is 14.3. The Morgan fingerprint density at radius 3 is 0.589 bits per heavy atom. The highest BCUT2D eigenvalue weighted by Crippen LogP contribution is 2.27. The van der Waals surface area contributed by atoms with E-state index in [4.69, 9.17) is 91.7 Å². The summed E-state index contributed by atoms with van der Waals surface area (Å²) in [6.07, 6.45) is 13.6. The highest BCUT2D eigenvalue weighted by atomic mass is 16.2. The molecule has 0 rings (SSSR count). The molecule has 0 aromatic heterocycles. The number of aliphatic imine (C=N–C) groups is 8. The first-order valence-electron chi connectivity index (χ1n) is 44.5. The number of carbonyl (C=O) groups is 12. The molecule has 706 valence electrons. The van der Waals surface area contributed by atoms with Gasteiger partial charge in [-0.25, -0.2) is 0 Å². The maximum Gasteiger partial charge on any atom is 0.223 e. The summed E-state index contributed by atoms with van der Waals surface area (Å²) in [5.74, 6) is -8.66. The molecule has 37 N–H and O–H groups in total. The van der Waals surface area contributed by atoms with Crippen molar-refractivity contribution in [2.45, 2.75) is 271 Å². The van der Waals surface area contributed by atoms with Crippen LogP contribution in [0.2, 0.25) is 0 Å². The highest BCUT2D eigenvalue weighted by molar-refractivity contribution is 5.94. The van der Waals surface area contributed by atoms with Crippen LogP contribution in [-0.4, -0.2) is 203 Å². The number of amides is 5. The van der Waals surface area contributed by atoms with Crippen LogP contribution in [0.4, 0.5) is 0 Å². The fraction of sp³-hybridized carbons (Fsp3) is 0.759. The molecule has 8 unspecified atom stereocenters. The molecule has 0 fully saturated rings. The first kappa shape index (κ1) is 113. The lowest BCUT2D eigenvalue weighted by Gasteiger charge is -2.21. The molecule has 0 aliphatic carbocycles. The molecule has 0 spiro atoms. The molecule has 124 heavy (non-hydrogen) atoms. The summed E-state index contributed by atoms with van der Waals surface area (Å²) in [4.78, 5) is 196. The molecule has 5 amide bonds. The molecule has 41 nitrogen and oxygen atoms in total. The zero-order chi connectivity index (χ0) is 92.8. The topological polar surface area (TPSA) is 780 Å². The van der Waals surface area contributed by atoms with Crippen LogP contribution in [0.25, 0.3) is 0 Å². The minimum atomic E-state index is -0.814. The zero-order valence-electron chi connectivity index (χ0n) is 74.3. The molecule has 0 aliphatic rings. The molecule has 0 bridgehead atoms. The van der Waals surface area contributed by atoms with E-state index in [0.29, 0.717) is 180 Å². The Balaban J connectivity index is 6.04. The summed E-state index contributed by atoms with van der Waals surface area (Å²) in [6, 6.07) is 0. The smallest absolute Gasteiger partial charge is 0.223 e. The third kappa shape index (κ3) is 63.2. The molecule has 0 radical (unpaired) electrons. The van der Waals surface area contributed by atoms with Crippen molar-refractivity contribution in [1.82, 2.24) is 26.6 Å². The van der Waals surface area contributed by atoms with E-state index in [1.54, 1.807) is 6.92 Å². The standard InChI is InChI=1S/C83H157N29O12/c1-3-56(25-17-41-105-76(84)85)71(120)101-37-13-5-9-33-64(113)49-57(26-18-42-106-77(86)87)68(117)53-61(30-22-46-110-81(94)95)73(122)102-38-14-6-10-34-65(114)50-58(27-19-43-107-78(88)89)69(118)54-62(31-23-47-111-82(96)97)74(123)103-39-15-7-11-35-66(115)51-59(28-20-44-108-79(90)91)70(119)55-63(32-24-48-112-83(98)99)75(124)104-40-16-8-12-36-67(116)52-60(72(121)100-4-2)29-21-45-109-80(92)93/h56-63H,3-55H2,1-2H3,(H,100,121)(H,101,120)(H,102,122)(H,103,123)(H,104,124)(H4,84,85,105)(H4,86,87,106)(H4,88,89,107)(H4,90,91,108)(H4,92,93,109)(H4,94,95,110)(H4,96,97,111)(H4,98,99,112). The lowest BCUT2D eigenvalue weighted by atomic mass is 9.85. The van der Waals surface area contributed by atoms with Crippen molar-refractivity contribution in [2.75, 3.05) is 85.1 Å². The molecule has 8 atom stereocenters. The maximum atomic E-state index is 14.4. The van der Waals surface area contributed by atoms with Gasteiger partial charge in [0.2, 0.25) is 29.5 Å². The van der Waals surface area contributed by atoms with Crippen LogP contribution in [0, 0.1) is 47.3 Å². The number of carbonyl (C=O) groups excluding carboxylic acids is 12. The van der Waals surface area contributed by atoms with Gasteiger partial charge in [-0.15, -0.1) is 0 Å². The number of hydrogen-bond donors (Lipinski definition) is 21. The fourth-order valence-corrected chi connectivity index (χ4v) is 14.3. The number of nitrogens with zero attached hydrogens (tertiary/aromatic N) is 8. The molecule has 0 heterocycles. The summed E-state index contributed by atoms with van der Waals surface area (Å²) in [5, 5.41) is 14.6. The number of nitrogens with two attached hydrogens (primary N) is 16. The van der Waals surface area contributed by atoms with Crippen LogP contribution >= 0.6 is 0 Å². The summed E-state index contributed by atoms with van der Waals surface area (Å²) in [6.45, 7) is 7.44. The Bertz CT molecular complexity index is 3410. The molecule has 0 aromatic rings. The van der Waals surface area contributed by atoms with Gasteiger partial charge in [0, 0.05) is 203 Å². The Morgan fingerprint density at radius 2 is 0.387 bits per heavy atom. The third-order valence-electron chi connectivity index (χ3n) is 21.1. The monoisotopic (exact) mass is 1750 g/mol. The van der Waals surface area contributed by atoms with E-state index >= 15 is 0 Å². The number of hydrogen-bond acceptors (Lipinski definition) is 20. The van der Waals surface area contributed by atoms with Gasteiger partial charge in [0.1, 0.15) is 40.5 Å². The van der Waals surface area contributed by atoms with E-state index in [1.807, 2.05) is 6.92 Å². The minimum absolute atomic E-state index is 0.00937. The lowest BCUT2D eigenvalue weighted by Crippen LogP contribution is -2.34. The van der Waals surface area contributed by atoms with E-state index in [1.165, 1.54) is 0 Å². The largest absolute Gasteiger partial charge is 0.370 e. The second-order valence-corrected chi connectivity index (χ2v) is 31.9. The van der Waals surface area contributed by atoms with Crippen molar-refractivity contribution >= 4 is 118 Å². The molecule has 0 aromatic carbocycles. The van der Waals surface area contributed by atoms with E-state index in [0.717, 1.165) is 0 Å². The predicted octanol–water partition coefficient (Wildman–Crippen LogP) is 0.312. The van der Waals surface area contributed by atoms with Gasteiger partial charge >= 0.3 is 0 Å². The van der Waals surface area contributed by atoms with Crippen LogP contribution in [0.5, 0.6) is 0 Å². The highest BCUT2D eigenvalue weighted by Gasteiger charge is 2.32. The van der Waals surface area contributed by atoms with Gasteiger partial charge in [0.25, 0.3) is 0 Å². The molecule has 0 aliphatic heterocycles. The first-order valence-corrected chi connectivity index (χ1v) is 44.5. The number of Topliss-reactive ketones (excluding diaryl/α,β-unsaturated/α-hetero) is 7. The number of unbranched alkanes of at least 4 members (excludes halogenated alkanes) is 8. The zero-order valence-corrected chi connectivity index (χ0v) is 74.3. The van der Waals surface area contributed by atoms with Gasteiger partial charge in [-0.05, 0) is 167 Å². The molecular weight excluding hydrogens is 1600 g/mol. The van der Waals surface area contributed by atoms with Gasteiger partial charge in [-0.1, -0.05) is 32.6 Å². The maximum absolute atomic E-state index is 14.4. The van der Waals surface area contributed by atoms with Gasteiger partial charge in [-0.3, -0.25) is 97.5 Å². The molecule has 41 heteroatoms. The van der Waals surface area contributed by atoms with Crippen molar-refractivity contribution in [1.29, 1.82) is 0 Å². The SMILES string of the molecule is CCNC(=O)C(CCCN=C(N)N)CC(=O)CCCCCNC(=O)C(CCCN=C(N)N)CC(=O)C(CCCN=C(N)N)CC(=O)CCCCCNC(=O)C(CCCN=C(N)N)CC(=O)C(CCCN=C(N)N)CC(=O)CCCCCNC(=O)C(CCCN=C(N)N)CC(=O)C(CCCN=C(N)N)CC(=O)CCCCCNC(=O)C(CC)CCCN=C(N)N. The molecule has 0 saturated heterocycles. The second kappa shape index (κ2) is 71.6. The van der Waals surface area contributed by atoms with Crippen molar-refractivity contribution in [3.63, 3.8) is 0 Å². The number of ketones is 7. The quantitative estimate of drug-likeness (QED) is 0.0221.